The van der Waals surface area contributed by atoms with Crippen molar-refractivity contribution in [3.63, 3.8) is 0 Å². The van der Waals surface area contributed by atoms with E-state index < -0.39 is 0 Å². The molecule has 1 aromatic carbocycles. The van der Waals surface area contributed by atoms with Gasteiger partial charge >= 0.3 is 0 Å². The molecule has 0 aliphatic heterocycles. The summed E-state index contributed by atoms with van der Waals surface area (Å²) in [6, 6.07) is 8.09. The fourth-order valence-electron chi connectivity index (χ4n) is 3.08. The Bertz CT molecular complexity index is 451. The maximum atomic E-state index is 12.3. The van der Waals surface area contributed by atoms with Gasteiger partial charge in [-0.05, 0) is 55.3 Å². The normalized spacial score (nSPS) is 21.4. The van der Waals surface area contributed by atoms with E-state index in [0.29, 0.717) is 18.0 Å². The van der Waals surface area contributed by atoms with Crippen molar-refractivity contribution in [1.29, 1.82) is 0 Å². The Labute approximate surface area is 121 Å². The van der Waals surface area contributed by atoms with E-state index in [1.54, 1.807) is 0 Å². The Kier molecular flexibility index (Phi) is 4.81. The van der Waals surface area contributed by atoms with Gasteiger partial charge in [0, 0.05) is 11.6 Å². The molecule has 3 N–H and O–H groups in total. The first-order valence-electron chi connectivity index (χ1n) is 7.60. The van der Waals surface area contributed by atoms with Crippen molar-refractivity contribution in [3.8, 4) is 0 Å². The highest BCUT2D eigenvalue weighted by molar-refractivity contribution is 5.94. The summed E-state index contributed by atoms with van der Waals surface area (Å²) in [7, 11) is 0. The number of benzene rings is 1. The van der Waals surface area contributed by atoms with Crippen molar-refractivity contribution in [2.45, 2.75) is 52.0 Å². The van der Waals surface area contributed by atoms with Gasteiger partial charge < -0.3 is 11.1 Å². The molecule has 1 unspecified atom stereocenters. The smallest absolute Gasteiger partial charge is 0.251 e. The maximum absolute atomic E-state index is 12.3. The van der Waals surface area contributed by atoms with E-state index in [-0.39, 0.29) is 5.91 Å². The van der Waals surface area contributed by atoms with Crippen LogP contribution in [0.4, 0.5) is 0 Å². The van der Waals surface area contributed by atoms with Crippen LogP contribution in [0.15, 0.2) is 24.3 Å². The second-order valence-electron chi connectivity index (χ2n) is 6.67. The molecular formula is C17H26N2O. The van der Waals surface area contributed by atoms with Gasteiger partial charge in [0.1, 0.15) is 0 Å². The molecule has 0 aromatic heterocycles. The fourth-order valence-corrected chi connectivity index (χ4v) is 3.08. The number of carbonyl (C=O) groups excluding carboxylic acids is 1. The monoisotopic (exact) mass is 274 g/mol. The van der Waals surface area contributed by atoms with Crippen molar-refractivity contribution in [1.82, 2.24) is 5.32 Å². The van der Waals surface area contributed by atoms with Gasteiger partial charge in [-0.3, -0.25) is 4.79 Å². The molecule has 1 aliphatic rings. The Morgan fingerprint density at radius 2 is 2.05 bits per heavy atom. The quantitative estimate of drug-likeness (QED) is 0.887. The highest BCUT2D eigenvalue weighted by Crippen LogP contribution is 2.35. The molecule has 0 bridgehead atoms. The van der Waals surface area contributed by atoms with Crippen LogP contribution in [0.1, 0.15) is 55.5 Å². The number of rotatable bonds is 4. The zero-order chi connectivity index (χ0) is 14.6. The van der Waals surface area contributed by atoms with E-state index in [1.807, 2.05) is 24.3 Å². The van der Waals surface area contributed by atoms with Gasteiger partial charge in [-0.25, -0.2) is 0 Å². The standard InChI is InChI=1S/C17H26N2O/c1-17(2)10-3-4-15(12-17)19-16(20)14-7-5-13(6-8-14)9-11-18/h5-8,15H,3-4,9-12,18H2,1-2H3,(H,19,20). The molecule has 1 aliphatic carbocycles. The number of hydrogen-bond donors (Lipinski definition) is 2. The highest BCUT2D eigenvalue weighted by atomic mass is 16.1. The van der Waals surface area contributed by atoms with Crippen molar-refractivity contribution in [2.75, 3.05) is 6.54 Å². The van der Waals surface area contributed by atoms with Crippen LogP contribution in [0.2, 0.25) is 0 Å². The fraction of sp³-hybridized carbons (Fsp3) is 0.588. The van der Waals surface area contributed by atoms with E-state index in [9.17, 15) is 4.79 Å². The predicted octanol–water partition coefficient (Wildman–Crippen LogP) is 2.89. The molecule has 0 radical (unpaired) electrons. The average molecular weight is 274 g/mol. The van der Waals surface area contributed by atoms with Gasteiger partial charge in [-0.15, -0.1) is 0 Å². The summed E-state index contributed by atoms with van der Waals surface area (Å²) in [4.78, 5) is 12.3. The first kappa shape index (κ1) is 15.0. The van der Waals surface area contributed by atoms with E-state index >= 15 is 0 Å². The largest absolute Gasteiger partial charge is 0.349 e. The minimum Gasteiger partial charge on any atom is -0.349 e. The average Bonchev–Trinajstić information content (AvgIpc) is 2.38. The van der Waals surface area contributed by atoms with E-state index in [2.05, 4.69) is 19.2 Å². The summed E-state index contributed by atoms with van der Waals surface area (Å²) in [5.74, 6) is 0.0481. The lowest BCUT2D eigenvalue weighted by atomic mass is 9.75. The Morgan fingerprint density at radius 3 is 2.65 bits per heavy atom. The van der Waals surface area contributed by atoms with Crippen molar-refractivity contribution in [3.05, 3.63) is 35.4 Å². The third kappa shape index (κ3) is 4.07. The molecule has 1 amide bonds. The lowest BCUT2D eigenvalue weighted by Crippen LogP contribution is -2.40. The van der Waals surface area contributed by atoms with Crippen LogP contribution < -0.4 is 11.1 Å². The zero-order valence-corrected chi connectivity index (χ0v) is 12.6. The topological polar surface area (TPSA) is 55.1 Å². The summed E-state index contributed by atoms with van der Waals surface area (Å²) in [6.45, 7) is 5.21. The number of carbonyl (C=O) groups is 1. The third-order valence-corrected chi connectivity index (χ3v) is 4.19. The van der Waals surface area contributed by atoms with Gasteiger partial charge in [0.15, 0.2) is 0 Å². The minimum atomic E-state index is 0.0481. The Morgan fingerprint density at radius 1 is 1.35 bits per heavy atom. The van der Waals surface area contributed by atoms with Crippen LogP contribution in [0.5, 0.6) is 0 Å². The molecule has 1 fully saturated rings. The van der Waals surface area contributed by atoms with E-state index in [4.69, 9.17) is 5.73 Å². The molecule has 2 rings (SSSR count). The first-order chi connectivity index (χ1) is 9.50. The van der Waals surface area contributed by atoms with Crippen LogP contribution in [0, 0.1) is 5.41 Å². The molecule has 1 atom stereocenters. The van der Waals surface area contributed by atoms with Gasteiger partial charge in [0.25, 0.3) is 5.91 Å². The molecule has 1 aromatic rings. The van der Waals surface area contributed by atoms with Gasteiger partial charge in [-0.2, -0.15) is 0 Å². The lowest BCUT2D eigenvalue weighted by Gasteiger charge is -2.35. The highest BCUT2D eigenvalue weighted by Gasteiger charge is 2.28. The maximum Gasteiger partial charge on any atom is 0.251 e. The van der Waals surface area contributed by atoms with Gasteiger partial charge in [0.05, 0.1) is 0 Å². The number of hydrogen-bond acceptors (Lipinski definition) is 2. The number of amides is 1. The lowest BCUT2D eigenvalue weighted by molar-refractivity contribution is 0.0902. The molecule has 110 valence electrons. The zero-order valence-electron chi connectivity index (χ0n) is 12.6. The summed E-state index contributed by atoms with van der Waals surface area (Å²) in [5, 5.41) is 3.18. The molecular weight excluding hydrogens is 248 g/mol. The van der Waals surface area contributed by atoms with Crippen molar-refractivity contribution >= 4 is 5.91 Å². The van der Waals surface area contributed by atoms with Gasteiger partial charge in [0.2, 0.25) is 0 Å². The second kappa shape index (κ2) is 6.40. The summed E-state index contributed by atoms with van der Waals surface area (Å²) in [6.07, 6.45) is 5.49. The SMILES string of the molecule is CC1(C)CCCC(NC(=O)c2ccc(CCN)cc2)C1. The molecule has 1 saturated carbocycles. The summed E-state index contributed by atoms with van der Waals surface area (Å²) >= 11 is 0. The Hall–Kier alpha value is -1.35. The van der Waals surface area contributed by atoms with Gasteiger partial charge in [-0.1, -0.05) is 32.4 Å². The molecule has 0 saturated heterocycles. The molecule has 3 heteroatoms. The van der Waals surface area contributed by atoms with Crippen LogP contribution in [0.25, 0.3) is 0 Å². The molecule has 20 heavy (non-hydrogen) atoms. The predicted molar refractivity (Wildman–Crippen MR) is 82.7 cm³/mol. The van der Waals surface area contributed by atoms with Crippen LogP contribution >= 0.6 is 0 Å². The van der Waals surface area contributed by atoms with Crippen molar-refractivity contribution < 1.29 is 4.79 Å². The Balaban J connectivity index is 1.94. The van der Waals surface area contributed by atoms with Crippen LogP contribution in [0.3, 0.4) is 0 Å². The molecule has 0 spiro atoms. The summed E-state index contributed by atoms with van der Waals surface area (Å²) in [5.41, 5.74) is 7.80. The third-order valence-electron chi connectivity index (χ3n) is 4.19. The number of nitrogens with two attached hydrogens (primary N) is 1. The molecule has 3 nitrogen and oxygen atoms in total. The molecule has 0 heterocycles. The first-order valence-corrected chi connectivity index (χ1v) is 7.60. The second-order valence-corrected chi connectivity index (χ2v) is 6.67. The van der Waals surface area contributed by atoms with E-state index in [0.717, 1.165) is 24.8 Å². The minimum absolute atomic E-state index is 0.0481. The van der Waals surface area contributed by atoms with Crippen LogP contribution in [-0.4, -0.2) is 18.5 Å². The van der Waals surface area contributed by atoms with Crippen molar-refractivity contribution in [2.24, 2.45) is 11.1 Å². The van der Waals surface area contributed by atoms with Crippen LogP contribution in [-0.2, 0) is 6.42 Å². The van der Waals surface area contributed by atoms with E-state index in [1.165, 1.54) is 18.4 Å². The number of nitrogens with one attached hydrogen (secondary N) is 1. The summed E-state index contributed by atoms with van der Waals surface area (Å²) < 4.78 is 0.